The molecule has 144 valence electrons. The first-order valence-corrected chi connectivity index (χ1v) is 8.84. The van der Waals surface area contributed by atoms with Crippen molar-refractivity contribution in [2.75, 3.05) is 37.6 Å². The van der Waals surface area contributed by atoms with E-state index < -0.39 is 0 Å². The standard InChI is InChI=1S/C18H24N4O2.2ClH/c1-13-12-19-8-11-22(13)17(23)14-6-9-21(10-7-14)18-20-15-4-2-3-5-16(15)24-18;;/h2-5,13-14,19H,6-12H2,1H3;2*1H/t13-;;/m1../s1. The molecule has 1 amide bonds. The topological polar surface area (TPSA) is 61.6 Å². The molecule has 2 aliphatic heterocycles. The molecule has 0 aliphatic carbocycles. The Bertz CT molecular complexity index is 698. The molecule has 2 aliphatic rings. The summed E-state index contributed by atoms with van der Waals surface area (Å²) < 4.78 is 5.85. The van der Waals surface area contributed by atoms with E-state index in [9.17, 15) is 4.79 Å². The normalized spacial score (nSPS) is 21.2. The van der Waals surface area contributed by atoms with Gasteiger partial charge in [0.25, 0.3) is 6.01 Å². The monoisotopic (exact) mass is 400 g/mol. The number of nitrogens with zero attached hydrogens (tertiary/aromatic N) is 3. The molecule has 6 nitrogen and oxygen atoms in total. The molecule has 3 heterocycles. The summed E-state index contributed by atoms with van der Waals surface area (Å²) in [6.45, 7) is 6.39. The molecule has 0 bridgehead atoms. The van der Waals surface area contributed by atoms with Crippen LogP contribution in [-0.2, 0) is 4.79 Å². The van der Waals surface area contributed by atoms with Crippen LogP contribution in [0.25, 0.3) is 11.1 Å². The number of halogens is 2. The van der Waals surface area contributed by atoms with E-state index in [-0.39, 0.29) is 30.7 Å². The van der Waals surface area contributed by atoms with Crippen LogP contribution in [0.15, 0.2) is 28.7 Å². The molecular formula is C18H26Cl2N4O2. The molecule has 0 unspecified atom stereocenters. The number of piperidine rings is 1. The van der Waals surface area contributed by atoms with E-state index in [0.29, 0.717) is 18.0 Å². The molecule has 26 heavy (non-hydrogen) atoms. The molecule has 0 spiro atoms. The van der Waals surface area contributed by atoms with Crippen LogP contribution in [0.1, 0.15) is 19.8 Å². The van der Waals surface area contributed by atoms with Crippen LogP contribution in [0.5, 0.6) is 0 Å². The van der Waals surface area contributed by atoms with E-state index >= 15 is 0 Å². The Morgan fingerprint density at radius 1 is 1.19 bits per heavy atom. The fraction of sp³-hybridized carbons (Fsp3) is 0.556. The van der Waals surface area contributed by atoms with Gasteiger partial charge in [0.1, 0.15) is 5.52 Å². The van der Waals surface area contributed by atoms with Gasteiger partial charge in [0.15, 0.2) is 5.58 Å². The number of rotatable bonds is 2. The van der Waals surface area contributed by atoms with E-state index in [1.807, 2.05) is 24.3 Å². The van der Waals surface area contributed by atoms with E-state index in [1.54, 1.807) is 0 Å². The Hall–Kier alpha value is -1.50. The Morgan fingerprint density at radius 3 is 2.62 bits per heavy atom. The molecule has 1 aromatic heterocycles. The van der Waals surface area contributed by atoms with E-state index in [0.717, 1.165) is 56.7 Å². The largest absolute Gasteiger partial charge is 0.423 e. The molecule has 1 N–H and O–H groups in total. The number of carbonyl (C=O) groups excluding carboxylic acids is 1. The second kappa shape index (κ2) is 8.93. The van der Waals surface area contributed by atoms with Crippen LogP contribution < -0.4 is 10.2 Å². The molecule has 2 aromatic rings. The number of oxazole rings is 1. The molecule has 4 rings (SSSR count). The van der Waals surface area contributed by atoms with E-state index in [4.69, 9.17) is 4.42 Å². The Morgan fingerprint density at radius 2 is 1.92 bits per heavy atom. The molecular weight excluding hydrogens is 375 g/mol. The average Bonchev–Trinajstić information content (AvgIpc) is 3.06. The van der Waals surface area contributed by atoms with Gasteiger partial charge in [-0.3, -0.25) is 4.79 Å². The fourth-order valence-corrected chi connectivity index (χ4v) is 3.72. The highest BCUT2D eigenvalue weighted by molar-refractivity contribution is 5.85. The maximum absolute atomic E-state index is 12.8. The predicted molar refractivity (Wildman–Crippen MR) is 107 cm³/mol. The van der Waals surface area contributed by atoms with Gasteiger partial charge in [0.2, 0.25) is 5.91 Å². The lowest BCUT2D eigenvalue weighted by molar-refractivity contribution is -0.139. The zero-order chi connectivity index (χ0) is 16.5. The molecule has 2 saturated heterocycles. The second-order valence-corrected chi connectivity index (χ2v) is 6.81. The van der Waals surface area contributed by atoms with Gasteiger partial charge in [-0.25, -0.2) is 0 Å². The Balaban J connectivity index is 0.00000121. The third-order valence-electron chi connectivity index (χ3n) is 5.18. The Labute approximate surface area is 166 Å². The van der Waals surface area contributed by atoms with Crippen LogP contribution in [-0.4, -0.2) is 54.6 Å². The number of nitrogens with one attached hydrogen (secondary N) is 1. The lowest BCUT2D eigenvalue weighted by Crippen LogP contribution is -2.54. The maximum Gasteiger partial charge on any atom is 0.298 e. The molecule has 0 saturated carbocycles. The van der Waals surface area contributed by atoms with Crippen molar-refractivity contribution in [1.82, 2.24) is 15.2 Å². The van der Waals surface area contributed by atoms with Crippen LogP contribution in [0.3, 0.4) is 0 Å². The minimum absolute atomic E-state index is 0. The van der Waals surface area contributed by atoms with Gasteiger partial charge in [-0.05, 0) is 31.9 Å². The van der Waals surface area contributed by atoms with Crippen molar-refractivity contribution in [3.8, 4) is 0 Å². The van der Waals surface area contributed by atoms with Gasteiger partial charge in [0, 0.05) is 44.7 Å². The number of hydrogen-bond acceptors (Lipinski definition) is 5. The summed E-state index contributed by atoms with van der Waals surface area (Å²) in [4.78, 5) is 21.6. The zero-order valence-corrected chi connectivity index (χ0v) is 16.5. The van der Waals surface area contributed by atoms with Crippen LogP contribution >= 0.6 is 24.8 Å². The summed E-state index contributed by atoms with van der Waals surface area (Å²) in [6.07, 6.45) is 1.74. The summed E-state index contributed by atoms with van der Waals surface area (Å²) in [7, 11) is 0. The van der Waals surface area contributed by atoms with Crippen LogP contribution in [0.4, 0.5) is 6.01 Å². The highest BCUT2D eigenvalue weighted by Crippen LogP contribution is 2.27. The summed E-state index contributed by atoms with van der Waals surface area (Å²) in [5, 5.41) is 3.34. The van der Waals surface area contributed by atoms with E-state index in [1.165, 1.54) is 0 Å². The number of para-hydroxylation sites is 2. The quantitative estimate of drug-likeness (QED) is 0.839. The first kappa shape index (κ1) is 20.8. The summed E-state index contributed by atoms with van der Waals surface area (Å²) in [6, 6.07) is 8.79. The van der Waals surface area contributed by atoms with Crippen molar-refractivity contribution < 1.29 is 9.21 Å². The summed E-state index contributed by atoms with van der Waals surface area (Å²) in [5.74, 6) is 0.451. The smallest absolute Gasteiger partial charge is 0.298 e. The number of aromatic nitrogens is 1. The zero-order valence-electron chi connectivity index (χ0n) is 14.9. The molecule has 8 heteroatoms. The van der Waals surface area contributed by atoms with Crippen molar-refractivity contribution in [3.63, 3.8) is 0 Å². The number of carbonyl (C=O) groups is 1. The SMILES string of the molecule is C[C@@H]1CNCCN1C(=O)C1CCN(c2nc3ccccc3o2)CC1.Cl.Cl. The van der Waals surface area contributed by atoms with Crippen molar-refractivity contribution in [3.05, 3.63) is 24.3 Å². The van der Waals surface area contributed by atoms with Crippen LogP contribution in [0.2, 0.25) is 0 Å². The number of fused-ring (bicyclic) bond motifs is 1. The van der Waals surface area contributed by atoms with Gasteiger partial charge in [0.05, 0.1) is 0 Å². The fourth-order valence-electron chi connectivity index (χ4n) is 3.72. The summed E-state index contributed by atoms with van der Waals surface area (Å²) in [5.41, 5.74) is 1.71. The number of benzene rings is 1. The van der Waals surface area contributed by atoms with Gasteiger partial charge >= 0.3 is 0 Å². The molecule has 1 atom stereocenters. The van der Waals surface area contributed by atoms with Crippen molar-refractivity contribution >= 4 is 47.8 Å². The van der Waals surface area contributed by atoms with E-state index in [2.05, 4.69) is 27.0 Å². The highest BCUT2D eigenvalue weighted by Gasteiger charge is 2.32. The van der Waals surface area contributed by atoms with Gasteiger partial charge in [-0.1, -0.05) is 12.1 Å². The first-order chi connectivity index (χ1) is 11.7. The Kier molecular flexibility index (Phi) is 7.15. The van der Waals surface area contributed by atoms with Crippen LogP contribution in [0, 0.1) is 5.92 Å². The third kappa shape index (κ3) is 4.08. The third-order valence-corrected chi connectivity index (χ3v) is 5.18. The number of hydrogen-bond donors (Lipinski definition) is 1. The number of amides is 1. The van der Waals surface area contributed by atoms with Crippen molar-refractivity contribution in [2.45, 2.75) is 25.8 Å². The molecule has 0 radical (unpaired) electrons. The van der Waals surface area contributed by atoms with Gasteiger partial charge in [-0.15, -0.1) is 24.8 Å². The predicted octanol–water partition coefficient (Wildman–Crippen LogP) is 2.71. The molecule has 1 aromatic carbocycles. The second-order valence-electron chi connectivity index (χ2n) is 6.81. The summed E-state index contributed by atoms with van der Waals surface area (Å²) >= 11 is 0. The lowest BCUT2D eigenvalue weighted by Gasteiger charge is -2.38. The van der Waals surface area contributed by atoms with Gasteiger partial charge in [-0.2, -0.15) is 4.98 Å². The minimum Gasteiger partial charge on any atom is -0.423 e. The van der Waals surface area contributed by atoms with Crippen molar-refractivity contribution in [1.29, 1.82) is 0 Å². The maximum atomic E-state index is 12.8. The first-order valence-electron chi connectivity index (χ1n) is 8.84. The number of anilines is 1. The van der Waals surface area contributed by atoms with Crippen molar-refractivity contribution in [2.24, 2.45) is 5.92 Å². The highest BCUT2D eigenvalue weighted by atomic mass is 35.5. The molecule has 2 fully saturated rings. The average molecular weight is 401 g/mol. The number of piperazine rings is 1. The van der Waals surface area contributed by atoms with Gasteiger partial charge < -0.3 is 19.5 Å². The minimum atomic E-state index is 0. The lowest BCUT2D eigenvalue weighted by atomic mass is 9.94.